The molecule has 2 unspecified atom stereocenters. The number of ether oxygens (including phenoxy) is 2. The van der Waals surface area contributed by atoms with Crippen molar-refractivity contribution in [3.8, 4) is 0 Å². The van der Waals surface area contributed by atoms with Crippen molar-refractivity contribution >= 4 is 5.97 Å². The van der Waals surface area contributed by atoms with E-state index in [4.69, 9.17) is 9.47 Å². The normalized spacial score (nSPS) is 34.1. The lowest BCUT2D eigenvalue weighted by molar-refractivity contribution is -0.145. The highest BCUT2D eigenvalue weighted by Gasteiger charge is 2.55. The Hall–Kier alpha value is -1.09. The molecular formula is C16H22O3. The van der Waals surface area contributed by atoms with Crippen LogP contribution >= 0.6 is 0 Å². The lowest BCUT2D eigenvalue weighted by Gasteiger charge is -2.29. The molecule has 1 saturated heterocycles. The average molecular weight is 262 g/mol. The number of esters is 1. The van der Waals surface area contributed by atoms with Crippen molar-refractivity contribution in [1.29, 1.82) is 0 Å². The first-order chi connectivity index (χ1) is 8.90. The van der Waals surface area contributed by atoms with Gasteiger partial charge in [0.2, 0.25) is 0 Å². The first kappa shape index (κ1) is 12.9. The molecule has 3 rings (SSSR count). The van der Waals surface area contributed by atoms with Crippen LogP contribution in [0.4, 0.5) is 0 Å². The van der Waals surface area contributed by atoms with Gasteiger partial charge in [0.15, 0.2) is 0 Å². The SMILES string of the molecule is COC(=O)C1(C2=CC(C)C3OCC(C)(C)C3=C2)CC1. The summed E-state index contributed by atoms with van der Waals surface area (Å²) in [7, 11) is 1.48. The molecule has 0 spiro atoms. The van der Waals surface area contributed by atoms with Crippen molar-refractivity contribution in [3.05, 3.63) is 23.3 Å². The summed E-state index contributed by atoms with van der Waals surface area (Å²) in [6.45, 7) is 7.37. The van der Waals surface area contributed by atoms with Crippen LogP contribution in [-0.4, -0.2) is 25.8 Å². The van der Waals surface area contributed by atoms with Crippen LogP contribution in [0, 0.1) is 16.7 Å². The van der Waals surface area contributed by atoms with Crippen LogP contribution in [0.25, 0.3) is 0 Å². The quantitative estimate of drug-likeness (QED) is 0.718. The number of allylic oxidation sites excluding steroid dienone is 1. The van der Waals surface area contributed by atoms with Gasteiger partial charge >= 0.3 is 5.97 Å². The number of rotatable bonds is 2. The van der Waals surface area contributed by atoms with E-state index in [1.54, 1.807) is 0 Å². The fourth-order valence-corrected chi connectivity index (χ4v) is 3.38. The van der Waals surface area contributed by atoms with Crippen molar-refractivity contribution in [2.24, 2.45) is 16.7 Å². The van der Waals surface area contributed by atoms with Gasteiger partial charge < -0.3 is 9.47 Å². The molecule has 0 bridgehead atoms. The van der Waals surface area contributed by atoms with E-state index in [-0.39, 0.29) is 22.9 Å². The monoisotopic (exact) mass is 262 g/mol. The van der Waals surface area contributed by atoms with Crippen molar-refractivity contribution in [2.45, 2.75) is 39.7 Å². The molecule has 0 N–H and O–H groups in total. The highest BCUT2D eigenvalue weighted by molar-refractivity contribution is 5.85. The van der Waals surface area contributed by atoms with E-state index in [0.29, 0.717) is 5.92 Å². The van der Waals surface area contributed by atoms with Crippen molar-refractivity contribution in [1.82, 2.24) is 0 Å². The third-order valence-corrected chi connectivity index (χ3v) is 4.82. The van der Waals surface area contributed by atoms with Gasteiger partial charge in [0.05, 0.1) is 25.2 Å². The molecule has 3 aliphatic rings. The predicted octanol–water partition coefficient (Wildman–Crippen LogP) is 2.87. The molecule has 0 amide bonds. The molecule has 1 heterocycles. The van der Waals surface area contributed by atoms with Gasteiger partial charge in [-0.3, -0.25) is 4.79 Å². The lowest BCUT2D eigenvalue weighted by Crippen LogP contribution is -2.28. The molecule has 1 aliphatic heterocycles. The van der Waals surface area contributed by atoms with Gasteiger partial charge in [0, 0.05) is 11.3 Å². The maximum atomic E-state index is 12.0. The third-order valence-electron chi connectivity index (χ3n) is 4.82. The Labute approximate surface area is 114 Å². The number of carbonyl (C=O) groups is 1. The van der Waals surface area contributed by atoms with E-state index >= 15 is 0 Å². The molecule has 2 aliphatic carbocycles. The summed E-state index contributed by atoms with van der Waals surface area (Å²) >= 11 is 0. The van der Waals surface area contributed by atoms with Gasteiger partial charge in [0.25, 0.3) is 0 Å². The Morgan fingerprint density at radius 1 is 1.42 bits per heavy atom. The molecular weight excluding hydrogens is 240 g/mol. The van der Waals surface area contributed by atoms with Gasteiger partial charge in [-0.1, -0.05) is 32.9 Å². The maximum Gasteiger partial charge on any atom is 0.316 e. The van der Waals surface area contributed by atoms with E-state index in [1.165, 1.54) is 12.7 Å². The van der Waals surface area contributed by atoms with Gasteiger partial charge in [-0.25, -0.2) is 0 Å². The zero-order valence-corrected chi connectivity index (χ0v) is 12.2. The molecule has 1 saturated carbocycles. The number of fused-ring (bicyclic) bond motifs is 1. The molecule has 104 valence electrons. The van der Waals surface area contributed by atoms with E-state index in [0.717, 1.165) is 25.0 Å². The van der Waals surface area contributed by atoms with Crippen molar-refractivity contribution in [2.75, 3.05) is 13.7 Å². The van der Waals surface area contributed by atoms with Crippen LogP contribution < -0.4 is 0 Å². The first-order valence-corrected chi connectivity index (χ1v) is 7.05. The minimum absolute atomic E-state index is 0.0740. The highest BCUT2D eigenvalue weighted by Crippen LogP contribution is 2.56. The predicted molar refractivity (Wildman–Crippen MR) is 72.5 cm³/mol. The van der Waals surface area contributed by atoms with Crippen LogP contribution in [0.5, 0.6) is 0 Å². The molecule has 19 heavy (non-hydrogen) atoms. The van der Waals surface area contributed by atoms with Crippen molar-refractivity contribution < 1.29 is 14.3 Å². The second-order valence-electron chi connectivity index (χ2n) is 6.77. The second kappa shape index (κ2) is 3.95. The molecule has 3 nitrogen and oxygen atoms in total. The van der Waals surface area contributed by atoms with Gasteiger partial charge in [-0.15, -0.1) is 0 Å². The molecule has 0 aromatic rings. The average Bonchev–Trinajstić information content (AvgIpc) is 3.11. The topological polar surface area (TPSA) is 35.5 Å². The summed E-state index contributed by atoms with van der Waals surface area (Å²) in [4.78, 5) is 12.0. The summed E-state index contributed by atoms with van der Waals surface area (Å²) in [6, 6.07) is 0. The molecule has 3 heteroatoms. The van der Waals surface area contributed by atoms with E-state index in [1.807, 2.05) is 0 Å². The smallest absolute Gasteiger partial charge is 0.316 e. The molecule has 0 radical (unpaired) electrons. The Morgan fingerprint density at radius 3 is 2.68 bits per heavy atom. The van der Waals surface area contributed by atoms with Crippen LogP contribution in [0.2, 0.25) is 0 Å². The van der Waals surface area contributed by atoms with E-state index in [9.17, 15) is 4.79 Å². The zero-order valence-electron chi connectivity index (χ0n) is 12.2. The summed E-state index contributed by atoms with van der Waals surface area (Å²) in [5.41, 5.74) is 2.20. The maximum absolute atomic E-state index is 12.0. The summed E-state index contributed by atoms with van der Waals surface area (Å²) in [6.07, 6.45) is 6.43. The van der Waals surface area contributed by atoms with Crippen LogP contribution in [0.15, 0.2) is 23.3 Å². The molecule has 0 aromatic heterocycles. The summed E-state index contributed by atoms with van der Waals surface area (Å²) in [5.74, 6) is 0.247. The zero-order chi connectivity index (χ0) is 13.8. The summed E-state index contributed by atoms with van der Waals surface area (Å²) < 4.78 is 10.9. The van der Waals surface area contributed by atoms with Gasteiger partial charge in [0.1, 0.15) is 0 Å². The first-order valence-electron chi connectivity index (χ1n) is 7.05. The van der Waals surface area contributed by atoms with Crippen LogP contribution in [0.3, 0.4) is 0 Å². The lowest BCUT2D eigenvalue weighted by atomic mass is 9.74. The fraction of sp³-hybridized carbons (Fsp3) is 0.688. The van der Waals surface area contributed by atoms with Crippen LogP contribution in [-0.2, 0) is 14.3 Å². The minimum Gasteiger partial charge on any atom is -0.468 e. The van der Waals surface area contributed by atoms with Crippen LogP contribution in [0.1, 0.15) is 33.6 Å². The Balaban J connectivity index is 1.98. The van der Waals surface area contributed by atoms with Gasteiger partial charge in [-0.2, -0.15) is 0 Å². The Bertz CT molecular complexity index is 480. The number of hydrogen-bond acceptors (Lipinski definition) is 3. The number of hydrogen-bond donors (Lipinski definition) is 0. The standard InChI is InChI=1S/C16H22O3/c1-10-7-11(16(5-6-16)14(17)18-4)8-12-13(10)19-9-15(12,2)3/h7-8,10,13H,5-6,9H2,1-4H3. The molecule has 2 fully saturated rings. The van der Waals surface area contributed by atoms with Gasteiger partial charge in [-0.05, 0) is 24.0 Å². The largest absolute Gasteiger partial charge is 0.468 e. The highest BCUT2D eigenvalue weighted by atomic mass is 16.5. The summed E-state index contributed by atoms with van der Waals surface area (Å²) in [5, 5.41) is 0. The minimum atomic E-state index is -0.361. The fourth-order valence-electron chi connectivity index (χ4n) is 3.38. The second-order valence-corrected chi connectivity index (χ2v) is 6.77. The van der Waals surface area contributed by atoms with E-state index in [2.05, 4.69) is 32.9 Å². The molecule has 2 atom stereocenters. The number of carbonyl (C=O) groups excluding carboxylic acids is 1. The van der Waals surface area contributed by atoms with E-state index < -0.39 is 0 Å². The Kier molecular flexibility index (Phi) is 2.69. The third kappa shape index (κ3) is 1.78. The van der Waals surface area contributed by atoms with Crippen molar-refractivity contribution in [3.63, 3.8) is 0 Å². The molecule has 0 aromatic carbocycles. The number of methoxy groups -OCH3 is 1. The Morgan fingerprint density at radius 2 is 2.11 bits per heavy atom.